The summed E-state index contributed by atoms with van der Waals surface area (Å²) in [6.07, 6.45) is 4.91. The zero-order valence-corrected chi connectivity index (χ0v) is 14.1. The molecule has 0 radical (unpaired) electrons. The van der Waals surface area contributed by atoms with Crippen molar-refractivity contribution in [3.63, 3.8) is 0 Å². The smallest absolute Gasteiger partial charge is 0.149 e. The summed E-state index contributed by atoms with van der Waals surface area (Å²) in [6, 6.07) is 8.42. The van der Waals surface area contributed by atoms with E-state index in [-0.39, 0.29) is 23.0 Å². The van der Waals surface area contributed by atoms with E-state index < -0.39 is 5.41 Å². The Labute approximate surface area is 138 Å². The van der Waals surface area contributed by atoms with E-state index in [1.807, 2.05) is 19.9 Å². The van der Waals surface area contributed by atoms with Gasteiger partial charge in [0.15, 0.2) is 0 Å². The van der Waals surface area contributed by atoms with Crippen molar-refractivity contribution < 1.29 is 9.59 Å². The second-order valence-corrected chi connectivity index (χ2v) is 8.35. The van der Waals surface area contributed by atoms with Gasteiger partial charge in [0.25, 0.3) is 0 Å². The standard InChI is InChI=1S/C20H25NO2/c1-19(2)12-17(22)20(18(23)13-19)11-14-7-3-4-8-15(14)21-10-6-5-9-16(20)21/h3-4,7-8,16H,5-6,9-13H2,1-2H3/t16-/m1/s1. The fraction of sp³-hybridized carbons (Fsp3) is 0.600. The molecule has 3 nitrogen and oxygen atoms in total. The van der Waals surface area contributed by atoms with Gasteiger partial charge < -0.3 is 4.90 Å². The van der Waals surface area contributed by atoms with Crippen LogP contribution in [0.2, 0.25) is 0 Å². The maximum absolute atomic E-state index is 13.2. The highest BCUT2D eigenvalue weighted by atomic mass is 16.2. The molecule has 1 saturated heterocycles. The van der Waals surface area contributed by atoms with Crippen molar-refractivity contribution in [3.05, 3.63) is 29.8 Å². The van der Waals surface area contributed by atoms with Gasteiger partial charge in [0, 0.05) is 31.1 Å². The largest absolute Gasteiger partial charge is 0.367 e. The molecule has 0 N–H and O–H groups in total. The minimum atomic E-state index is -0.787. The number of carbonyl (C=O) groups is 2. The topological polar surface area (TPSA) is 37.4 Å². The first-order valence-corrected chi connectivity index (χ1v) is 8.85. The van der Waals surface area contributed by atoms with Crippen molar-refractivity contribution in [3.8, 4) is 0 Å². The van der Waals surface area contributed by atoms with Gasteiger partial charge in [-0.25, -0.2) is 0 Å². The van der Waals surface area contributed by atoms with E-state index in [1.165, 1.54) is 11.3 Å². The molecule has 1 aromatic carbocycles. The molecule has 2 fully saturated rings. The molecule has 0 unspecified atom stereocenters. The second-order valence-electron chi connectivity index (χ2n) is 8.35. The summed E-state index contributed by atoms with van der Waals surface area (Å²) >= 11 is 0. The number of rotatable bonds is 0. The van der Waals surface area contributed by atoms with Crippen LogP contribution in [-0.4, -0.2) is 24.2 Å². The summed E-state index contributed by atoms with van der Waals surface area (Å²) in [6.45, 7) is 5.06. The van der Waals surface area contributed by atoms with E-state index in [1.54, 1.807) is 0 Å². The molecule has 4 rings (SSSR count). The van der Waals surface area contributed by atoms with Gasteiger partial charge in [-0.05, 0) is 42.7 Å². The van der Waals surface area contributed by atoms with E-state index in [0.29, 0.717) is 19.3 Å². The lowest BCUT2D eigenvalue weighted by Gasteiger charge is -2.54. The van der Waals surface area contributed by atoms with Crippen LogP contribution in [0.4, 0.5) is 5.69 Å². The molecule has 2 heterocycles. The van der Waals surface area contributed by atoms with Crippen molar-refractivity contribution in [1.29, 1.82) is 0 Å². The lowest BCUT2D eigenvalue weighted by molar-refractivity contribution is -0.150. The van der Waals surface area contributed by atoms with E-state index in [0.717, 1.165) is 25.8 Å². The number of hydrogen-bond donors (Lipinski definition) is 0. The highest BCUT2D eigenvalue weighted by Crippen LogP contribution is 2.51. The van der Waals surface area contributed by atoms with Crippen molar-refractivity contribution in [2.24, 2.45) is 10.8 Å². The Morgan fingerprint density at radius 1 is 1.00 bits per heavy atom. The molecule has 0 amide bonds. The Morgan fingerprint density at radius 2 is 1.70 bits per heavy atom. The van der Waals surface area contributed by atoms with Gasteiger partial charge >= 0.3 is 0 Å². The number of hydrogen-bond acceptors (Lipinski definition) is 3. The molecule has 1 atom stereocenters. The highest BCUT2D eigenvalue weighted by molar-refractivity contribution is 6.11. The minimum absolute atomic E-state index is 0.0715. The summed E-state index contributed by atoms with van der Waals surface area (Å²) in [5.41, 5.74) is 1.44. The Hall–Kier alpha value is -1.64. The third kappa shape index (κ3) is 2.09. The molecule has 0 aromatic heterocycles. The Bertz CT molecular complexity index is 656. The van der Waals surface area contributed by atoms with Crippen molar-refractivity contribution in [2.75, 3.05) is 11.4 Å². The fourth-order valence-electron chi connectivity index (χ4n) is 5.06. The van der Waals surface area contributed by atoms with Gasteiger partial charge in [-0.3, -0.25) is 9.59 Å². The van der Waals surface area contributed by atoms with E-state index in [2.05, 4.69) is 23.1 Å². The number of benzene rings is 1. The summed E-state index contributed by atoms with van der Waals surface area (Å²) < 4.78 is 0. The zero-order chi connectivity index (χ0) is 16.2. The van der Waals surface area contributed by atoms with Crippen molar-refractivity contribution in [1.82, 2.24) is 0 Å². The van der Waals surface area contributed by atoms with Crippen molar-refractivity contribution >= 4 is 17.3 Å². The molecule has 3 heteroatoms. The maximum atomic E-state index is 13.2. The molecule has 1 spiro atoms. The number of piperidine rings is 1. The monoisotopic (exact) mass is 311 g/mol. The normalized spacial score (nSPS) is 28.4. The highest BCUT2D eigenvalue weighted by Gasteiger charge is 2.59. The molecule has 122 valence electrons. The number of carbonyl (C=O) groups excluding carboxylic acids is 2. The van der Waals surface area contributed by atoms with Gasteiger partial charge in [-0.15, -0.1) is 0 Å². The SMILES string of the molecule is CC1(C)CC(=O)C2(Cc3ccccc3N3CCCC[C@@H]32)C(=O)C1. The third-order valence-electron chi connectivity index (χ3n) is 6.12. The summed E-state index contributed by atoms with van der Waals surface area (Å²) in [5, 5.41) is 0. The van der Waals surface area contributed by atoms with Crippen LogP contribution in [0.5, 0.6) is 0 Å². The molecule has 2 aliphatic heterocycles. The number of nitrogens with zero attached hydrogens (tertiary/aromatic N) is 1. The van der Waals surface area contributed by atoms with Gasteiger partial charge in [-0.2, -0.15) is 0 Å². The molecule has 1 aromatic rings. The first-order valence-electron chi connectivity index (χ1n) is 8.85. The molecule has 23 heavy (non-hydrogen) atoms. The zero-order valence-electron chi connectivity index (χ0n) is 14.1. The molecule has 3 aliphatic rings. The van der Waals surface area contributed by atoms with E-state index in [4.69, 9.17) is 0 Å². The predicted molar refractivity (Wildman–Crippen MR) is 90.6 cm³/mol. The lowest BCUT2D eigenvalue weighted by Crippen LogP contribution is -2.64. The Kier molecular flexibility index (Phi) is 3.20. The van der Waals surface area contributed by atoms with Gasteiger partial charge in [0.05, 0.1) is 0 Å². The van der Waals surface area contributed by atoms with Crippen LogP contribution in [0, 0.1) is 10.8 Å². The maximum Gasteiger partial charge on any atom is 0.149 e. The lowest BCUT2D eigenvalue weighted by atomic mass is 9.55. The van der Waals surface area contributed by atoms with E-state index >= 15 is 0 Å². The first kappa shape index (κ1) is 14.9. The van der Waals surface area contributed by atoms with E-state index in [9.17, 15) is 9.59 Å². The first-order chi connectivity index (χ1) is 10.9. The van der Waals surface area contributed by atoms with Crippen LogP contribution in [-0.2, 0) is 16.0 Å². The summed E-state index contributed by atoms with van der Waals surface area (Å²) in [7, 11) is 0. The summed E-state index contributed by atoms with van der Waals surface area (Å²) in [5.74, 6) is 0.371. The minimum Gasteiger partial charge on any atom is -0.367 e. The van der Waals surface area contributed by atoms with Gasteiger partial charge in [0.2, 0.25) is 0 Å². The number of ketones is 2. The van der Waals surface area contributed by atoms with Gasteiger partial charge in [0.1, 0.15) is 17.0 Å². The summed E-state index contributed by atoms with van der Waals surface area (Å²) in [4.78, 5) is 28.8. The Morgan fingerprint density at radius 3 is 2.43 bits per heavy atom. The van der Waals surface area contributed by atoms with Crippen LogP contribution < -0.4 is 4.90 Å². The molecule has 1 saturated carbocycles. The second kappa shape index (κ2) is 4.93. The number of Topliss-reactive ketones (excluding diaryl/α,β-unsaturated/α-hetero) is 2. The quantitative estimate of drug-likeness (QED) is 0.688. The van der Waals surface area contributed by atoms with Crippen LogP contribution in [0.15, 0.2) is 24.3 Å². The molecule has 0 bridgehead atoms. The molecular formula is C20H25NO2. The molecular weight excluding hydrogens is 286 g/mol. The van der Waals surface area contributed by atoms with Crippen LogP contribution in [0.25, 0.3) is 0 Å². The number of anilines is 1. The third-order valence-corrected chi connectivity index (χ3v) is 6.12. The average molecular weight is 311 g/mol. The predicted octanol–water partition coefficient (Wildman–Crippen LogP) is 3.55. The van der Waals surface area contributed by atoms with Crippen molar-refractivity contribution in [2.45, 2.75) is 58.4 Å². The van der Waals surface area contributed by atoms with Gasteiger partial charge in [-0.1, -0.05) is 32.0 Å². The van der Waals surface area contributed by atoms with Crippen LogP contribution in [0.1, 0.15) is 51.5 Å². The Balaban J connectivity index is 1.85. The molecule has 1 aliphatic carbocycles. The number of para-hydroxylation sites is 1. The fourth-order valence-corrected chi connectivity index (χ4v) is 5.06. The van der Waals surface area contributed by atoms with Crippen LogP contribution >= 0.6 is 0 Å². The van der Waals surface area contributed by atoms with Crippen LogP contribution in [0.3, 0.4) is 0 Å². The average Bonchev–Trinajstić information content (AvgIpc) is 2.51. The number of fused-ring (bicyclic) bond motifs is 4.